The summed E-state index contributed by atoms with van der Waals surface area (Å²) in [6.45, 7) is 3.82. The number of nitrogens with one attached hydrogen (secondary N) is 2. The van der Waals surface area contributed by atoms with Crippen LogP contribution >= 0.6 is 0 Å². The average Bonchev–Trinajstić information content (AvgIpc) is 2.92. The molecule has 0 spiro atoms. The second-order valence-electron chi connectivity index (χ2n) is 4.49. The van der Waals surface area contributed by atoms with Crippen molar-refractivity contribution in [2.75, 3.05) is 5.73 Å². The fraction of sp³-hybridized carbons (Fsp3) is 0.417. The third kappa shape index (κ3) is 3.28. The van der Waals surface area contributed by atoms with Crippen molar-refractivity contribution in [3.05, 3.63) is 29.2 Å². The molecule has 0 bridgehead atoms. The summed E-state index contributed by atoms with van der Waals surface area (Å²) in [7, 11) is 0. The Balaban J connectivity index is 2.12. The first kappa shape index (κ1) is 13.9. The molecule has 0 aliphatic heterocycles. The molecule has 0 aliphatic rings. The van der Waals surface area contributed by atoms with E-state index in [0.29, 0.717) is 17.2 Å². The molecule has 106 valence electrons. The van der Waals surface area contributed by atoms with E-state index in [1.54, 1.807) is 19.1 Å². The maximum Gasteiger partial charge on any atom is 0.252 e. The van der Waals surface area contributed by atoms with Gasteiger partial charge in [-0.1, -0.05) is 18.6 Å². The highest BCUT2D eigenvalue weighted by Gasteiger charge is 2.15. The number of carbonyl (C=O) groups excluding carboxylic acids is 1. The van der Waals surface area contributed by atoms with E-state index in [9.17, 15) is 4.79 Å². The van der Waals surface area contributed by atoms with Gasteiger partial charge in [0.25, 0.3) is 5.91 Å². The van der Waals surface area contributed by atoms with E-state index in [2.05, 4.69) is 30.9 Å². The van der Waals surface area contributed by atoms with Crippen molar-refractivity contribution < 1.29 is 4.79 Å². The molecule has 0 saturated heterocycles. The normalized spacial score (nSPS) is 12.1. The van der Waals surface area contributed by atoms with Crippen molar-refractivity contribution in [1.82, 2.24) is 30.9 Å². The Morgan fingerprint density at radius 1 is 1.50 bits per heavy atom. The van der Waals surface area contributed by atoms with Crippen molar-refractivity contribution in [3.63, 3.8) is 0 Å². The van der Waals surface area contributed by atoms with E-state index < -0.39 is 0 Å². The number of aryl methyl sites for hydroxylation is 1. The Labute approximate surface area is 116 Å². The zero-order chi connectivity index (χ0) is 14.5. The molecule has 0 aromatic carbocycles. The quantitative estimate of drug-likeness (QED) is 0.735. The Morgan fingerprint density at radius 3 is 2.95 bits per heavy atom. The van der Waals surface area contributed by atoms with Crippen molar-refractivity contribution in [1.29, 1.82) is 0 Å². The van der Waals surface area contributed by atoms with Gasteiger partial charge < -0.3 is 11.1 Å². The third-order valence-electron chi connectivity index (χ3n) is 2.76. The fourth-order valence-electron chi connectivity index (χ4n) is 1.82. The summed E-state index contributed by atoms with van der Waals surface area (Å²) < 4.78 is 0. The lowest BCUT2D eigenvalue weighted by molar-refractivity contribution is 0.0938. The molecule has 1 atom stereocenters. The number of carbonyl (C=O) groups is 1. The zero-order valence-electron chi connectivity index (χ0n) is 11.4. The van der Waals surface area contributed by atoms with Gasteiger partial charge >= 0.3 is 0 Å². The minimum atomic E-state index is -0.342. The van der Waals surface area contributed by atoms with Gasteiger partial charge in [-0.15, -0.1) is 10.2 Å². The standard InChI is InChI=1S/C12H17N7O/c1-3-4-9-5-8(6-10(13)15-9)12(20)14-7(2)11-16-18-19-17-11/h5-7H,3-4H2,1-2H3,(H2,13,15)(H,14,20)(H,16,17,18,19). The average molecular weight is 275 g/mol. The van der Waals surface area contributed by atoms with Gasteiger partial charge in [0.05, 0.1) is 6.04 Å². The highest BCUT2D eigenvalue weighted by Crippen LogP contribution is 2.12. The number of nitrogens with zero attached hydrogens (tertiary/aromatic N) is 4. The molecule has 1 amide bonds. The van der Waals surface area contributed by atoms with Gasteiger partial charge in [-0.05, 0) is 25.5 Å². The fourth-order valence-corrected chi connectivity index (χ4v) is 1.82. The van der Waals surface area contributed by atoms with E-state index in [4.69, 9.17) is 5.73 Å². The molecule has 4 N–H and O–H groups in total. The number of aromatic amines is 1. The van der Waals surface area contributed by atoms with E-state index in [1.807, 2.05) is 6.92 Å². The number of nitrogen functional groups attached to an aromatic ring is 1. The summed E-state index contributed by atoms with van der Waals surface area (Å²) in [5, 5.41) is 16.2. The first-order valence-corrected chi connectivity index (χ1v) is 6.40. The largest absolute Gasteiger partial charge is 0.384 e. The molecular weight excluding hydrogens is 258 g/mol. The van der Waals surface area contributed by atoms with Gasteiger partial charge in [-0.2, -0.15) is 5.21 Å². The van der Waals surface area contributed by atoms with E-state index in [1.165, 1.54) is 0 Å². The molecule has 8 nitrogen and oxygen atoms in total. The number of amides is 1. The SMILES string of the molecule is CCCc1cc(C(=O)NC(C)c2nn[nH]n2)cc(N)n1. The minimum Gasteiger partial charge on any atom is -0.384 e. The number of rotatable bonds is 5. The van der Waals surface area contributed by atoms with Crippen LogP contribution in [0.15, 0.2) is 12.1 Å². The van der Waals surface area contributed by atoms with Crippen LogP contribution in [0.2, 0.25) is 0 Å². The summed E-state index contributed by atoms with van der Waals surface area (Å²) in [4.78, 5) is 16.4. The van der Waals surface area contributed by atoms with Crippen molar-refractivity contribution in [3.8, 4) is 0 Å². The predicted molar refractivity (Wildman–Crippen MR) is 72.7 cm³/mol. The summed E-state index contributed by atoms with van der Waals surface area (Å²) in [6, 6.07) is 2.96. The molecule has 20 heavy (non-hydrogen) atoms. The van der Waals surface area contributed by atoms with Gasteiger partial charge in [-0.25, -0.2) is 4.98 Å². The Morgan fingerprint density at radius 2 is 2.30 bits per heavy atom. The molecule has 1 unspecified atom stereocenters. The summed E-state index contributed by atoms with van der Waals surface area (Å²) in [6.07, 6.45) is 1.72. The topological polar surface area (TPSA) is 122 Å². The molecule has 8 heteroatoms. The van der Waals surface area contributed by atoms with E-state index in [-0.39, 0.29) is 11.9 Å². The highest BCUT2D eigenvalue weighted by molar-refractivity contribution is 5.95. The number of anilines is 1. The van der Waals surface area contributed by atoms with Crippen LogP contribution in [0.25, 0.3) is 0 Å². The number of aromatic nitrogens is 5. The summed E-state index contributed by atoms with van der Waals surface area (Å²) in [5.41, 5.74) is 7.01. The molecule has 2 aromatic heterocycles. The molecular formula is C12H17N7O. The van der Waals surface area contributed by atoms with Gasteiger partial charge in [-0.3, -0.25) is 4.79 Å². The van der Waals surface area contributed by atoms with Gasteiger partial charge in [0.1, 0.15) is 5.82 Å². The van der Waals surface area contributed by atoms with Gasteiger partial charge in [0.2, 0.25) is 0 Å². The maximum atomic E-state index is 12.2. The highest BCUT2D eigenvalue weighted by atomic mass is 16.1. The first-order chi connectivity index (χ1) is 9.60. The smallest absolute Gasteiger partial charge is 0.252 e. The number of tetrazole rings is 1. The Kier molecular flexibility index (Phi) is 4.24. The molecule has 2 heterocycles. The lowest BCUT2D eigenvalue weighted by Gasteiger charge is -2.11. The first-order valence-electron chi connectivity index (χ1n) is 6.40. The third-order valence-corrected chi connectivity index (χ3v) is 2.76. The second-order valence-corrected chi connectivity index (χ2v) is 4.49. The maximum absolute atomic E-state index is 12.2. The van der Waals surface area contributed by atoms with Crippen LogP contribution in [0, 0.1) is 0 Å². The number of hydrogen-bond donors (Lipinski definition) is 3. The van der Waals surface area contributed by atoms with E-state index in [0.717, 1.165) is 18.5 Å². The minimum absolute atomic E-state index is 0.242. The summed E-state index contributed by atoms with van der Waals surface area (Å²) >= 11 is 0. The van der Waals surface area contributed by atoms with Crippen LogP contribution in [0.5, 0.6) is 0 Å². The number of hydrogen-bond acceptors (Lipinski definition) is 6. The second kappa shape index (κ2) is 6.09. The van der Waals surface area contributed by atoms with Gasteiger partial charge in [0.15, 0.2) is 5.82 Å². The van der Waals surface area contributed by atoms with E-state index >= 15 is 0 Å². The van der Waals surface area contributed by atoms with Crippen molar-refractivity contribution in [2.45, 2.75) is 32.7 Å². The molecule has 0 radical (unpaired) electrons. The molecule has 0 aliphatic carbocycles. The molecule has 2 rings (SSSR count). The van der Waals surface area contributed by atoms with Crippen LogP contribution in [0.4, 0.5) is 5.82 Å². The summed E-state index contributed by atoms with van der Waals surface area (Å²) in [5.74, 6) is 0.524. The molecule has 0 saturated carbocycles. The van der Waals surface area contributed by atoms with Crippen LogP contribution in [-0.2, 0) is 6.42 Å². The number of H-pyrrole nitrogens is 1. The van der Waals surface area contributed by atoms with Crippen LogP contribution in [0.1, 0.15) is 48.2 Å². The lowest BCUT2D eigenvalue weighted by atomic mass is 10.1. The van der Waals surface area contributed by atoms with Crippen molar-refractivity contribution in [2.24, 2.45) is 0 Å². The number of pyridine rings is 1. The molecule has 2 aromatic rings. The van der Waals surface area contributed by atoms with Gasteiger partial charge in [0, 0.05) is 11.3 Å². The van der Waals surface area contributed by atoms with Crippen LogP contribution in [-0.4, -0.2) is 31.5 Å². The lowest BCUT2D eigenvalue weighted by Crippen LogP contribution is -2.27. The zero-order valence-corrected chi connectivity index (χ0v) is 11.4. The Bertz CT molecular complexity index is 581. The van der Waals surface area contributed by atoms with Crippen molar-refractivity contribution >= 4 is 11.7 Å². The Hall–Kier alpha value is -2.51. The molecule has 0 fully saturated rings. The van der Waals surface area contributed by atoms with Crippen LogP contribution in [0.3, 0.4) is 0 Å². The number of nitrogens with two attached hydrogens (primary N) is 1. The van der Waals surface area contributed by atoms with Crippen LogP contribution < -0.4 is 11.1 Å². The predicted octanol–water partition coefficient (Wildman–Crippen LogP) is 0.620. The monoisotopic (exact) mass is 275 g/mol.